The first-order chi connectivity index (χ1) is 8.54. The van der Waals surface area contributed by atoms with Crippen LogP contribution in [0.3, 0.4) is 0 Å². The molecule has 3 N–H and O–H groups in total. The maximum atomic E-state index is 12.1. The second-order valence-electron chi connectivity index (χ2n) is 4.94. The van der Waals surface area contributed by atoms with Crippen LogP contribution in [0.4, 0.5) is 5.69 Å². The summed E-state index contributed by atoms with van der Waals surface area (Å²) < 4.78 is 0. The molecule has 1 rings (SSSR count). The van der Waals surface area contributed by atoms with Crippen molar-refractivity contribution in [3.8, 4) is 0 Å². The molecule has 1 atom stereocenters. The Morgan fingerprint density at radius 2 is 2.11 bits per heavy atom. The summed E-state index contributed by atoms with van der Waals surface area (Å²) in [7, 11) is 0. The maximum Gasteiger partial charge on any atom is 0.251 e. The van der Waals surface area contributed by atoms with Gasteiger partial charge in [0.15, 0.2) is 0 Å². The molecule has 1 aromatic rings. The van der Waals surface area contributed by atoms with Crippen LogP contribution in [0.1, 0.15) is 55.5 Å². The van der Waals surface area contributed by atoms with Crippen LogP contribution in [0.2, 0.25) is 0 Å². The van der Waals surface area contributed by atoms with Crippen LogP contribution in [-0.2, 0) is 0 Å². The normalized spacial score (nSPS) is 12.2. The minimum absolute atomic E-state index is 0.0243. The van der Waals surface area contributed by atoms with Gasteiger partial charge in [-0.2, -0.15) is 0 Å². The highest BCUT2D eigenvalue weighted by atomic mass is 16.1. The number of nitrogens with two attached hydrogens (primary N) is 1. The Kier molecular flexibility index (Phi) is 5.69. The lowest BCUT2D eigenvalue weighted by atomic mass is 10.1. The molecule has 0 saturated carbocycles. The zero-order valence-corrected chi connectivity index (χ0v) is 11.6. The Hall–Kier alpha value is -1.51. The SMILES string of the molecule is CCCCCC(C)NC(=O)c1cc(N)ccc1C. The third kappa shape index (κ3) is 4.40. The van der Waals surface area contributed by atoms with Gasteiger partial charge >= 0.3 is 0 Å². The van der Waals surface area contributed by atoms with Gasteiger partial charge in [-0.1, -0.05) is 32.3 Å². The van der Waals surface area contributed by atoms with Crippen LogP contribution in [0.15, 0.2) is 18.2 Å². The smallest absolute Gasteiger partial charge is 0.251 e. The summed E-state index contributed by atoms with van der Waals surface area (Å²) in [5, 5.41) is 3.03. The molecule has 0 aliphatic heterocycles. The number of carbonyl (C=O) groups is 1. The van der Waals surface area contributed by atoms with Gasteiger partial charge in [0.1, 0.15) is 0 Å². The number of anilines is 1. The Labute approximate surface area is 110 Å². The number of hydrogen-bond donors (Lipinski definition) is 2. The van der Waals surface area contributed by atoms with E-state index in [9.17, 15) is 4.79 Å². The second kappa shape index (κ2) is 7.04. The van der Waals surface area contributed by atoms with Crippen LogP contribution in [-0.4, -0.2) is 11.9 Å². The van der Waals surface area contributed by atoms with Crippen LogP contribution >= 0.6 is 0 Å². The van der Waals surface area contributed by atoms with Crippen LogP contribution in [0.25, 0.3) is 0 Å². The number of aryl methyl sites for hydroxylation is 1. The zero-order valence-electron chi connectivity index (χ0n) is 11.6. The standard InChI is InChI=1S/C15H24N2O/c1-4-5-6-7-12(3)17-15(18)14-10-13(16)9-8-11(14)2/h8-10,12H,4-7,16H2,1-3H3,(H,17,18). The van der Waals surface area contributed by atoms with Gasteiger partial charge < -0.3 is 11.1 Å². The van der Waals surface area contributed by atoms with Crippen molar-refractivity contribution in [2.45, 2.75) is 52.5 Å². The van der Waals surface area contributed by atoms with Gasteiger partial charge in [0, 0.05) is 17.3 Å². The number of benzene rings is 1. The van der Waals surface area contributed by atoms with Crippen LogP contribution in [0, 0.1) is 6.92 Å². The fourth-order valence-corrected chi connectivity index (χ4v) is 1.96. The molecule has 3 nitrogen and oxygen atoms in total. The molecule has 0 saturated heterocycles. The highest BCUT2D eigenvalue weighted by Gasteiger charge is 2.12. The molecular weight excluding hydrogens is 224 g/mol. The van der Waals surface area contributed by atoms with Crippen LogP contribution in [0.5, 0.6) is 0 Å². The van der Waals surface area contributed by atoms with Crippen molar-refractivity contribution in [1.29, 1.82) is 0 Å². The van der Waals surface area contributed by atoms with Gasteiger partial charge in [0.2, 0.25) is 0 Å². The Balaban J connectivity index is 2.56. The molecule has 0 aliphatic rings. The van der Waals surface area contributed by atoms with E-state index in [0.717, 1.165) is 18.4 Å². The Morgan fingerprint density at radius 1 is 1.39 bits per heavy atom. The number of nitrogen functional groups attached to an aromatic ring is 1. The number of hydrogen-bond acceptors (Lipinski definition) is 2. The topological polar surface area (TPSA) is 55.1 Å². The first kappa shape index (κ1) is 14.6. The molecule has 0 aliphatic carbocycles. The van der Waals surface area contributed by atoms with E-state index in [1.54, 1.807) is 6.07 Å². The maximum absolute atomic E-state index is 12.1. The van der Waals surface area contributed by atoms with E-state index >= 15 is 0 Å². The molecule has 1 unspecified atom stereocenters. The molecule has 1 amide bonds. The highest BCUT2D eigenvalue weighted by Crippen LogP contribution is 2.13. The van der Waals surface area contributed by atoms with Crippen molar-refractivity contribution in [2.75, 3.05) is 5.73 Å². The average Bonchev–Trinajstić information content (AvgIpc) is 2.32. The summed E-state index contributed by atoms with van der Waals surface area (Å²) in [4.78, 5) is 12.1. The van der Waals surface area contributed by atoms with E-state index in [1.165, 1.54) is 12.8 Å². The third-order valence-electron chi connectivity index (χ3n) is 3.12. The minimum Gasteiger partial charge on any atom is -0.399 e. The number of rotatable bonds is 6. The van der Waals surface area contributed by atoms with Gasteiger partial charge in [-0.05, 0) is 38.0 Å². The van der Waals surface area contributed by atoms with Gasteiger partial charge in [0.05, 0.1) is 0 Å². The summed E-state index contributed by atoms with van der Waals surface area (Å²) in [5.41, 5.74) is 7.98. The first-order valence-corrected chi connectivity index (χ1v) is 6.71. The molecule has 0 spiro atoms. The minimum atomic E-state index is -0.0243. The van der Waals surface area contributed by atoms with E-state index in [4.69, 9.17) is 5.73 Å². The van der Waals surface area contributed by atoms with Crippen molar-refractivity contribution in [3.05, 3.63) is 29.3 Å². The van der Waals surface area contributed by atoms with Crippen molar-refractivity contribution in [2.24, 2.45) is 0 Å². The molecule has 0 radical (unpaired) electrons. The molecule has 0 heterocycles. The largest absolute Gasteiger partial charge is 0.399 e. The average molecular weight is 248 g/mol. The quantitative estimate of drug-likeness (QED) is 0.599. The molecule has 18 heavy (non-hydrogen) atoms. The lowest BCUT2D eigenvalue weighted by molar-refractivity contribution is 0.0937. The van der Waals surface area contributed by atoms with Gasteiger partial charge in [-0.15, -0.1) is 0 Å². The van der Waals surface area contributed by atoms with Gasteiger partial charge in [-0.3, -0.25) is 4.79 Å². The summed E-state index contributed by atoms with van der Waals surface area (Å²) in [6.45, 7) is 6.16. The van der Waals surface area contributed by atoms with E-state index in [2.05, 4.69) is 19.2 Å². The predicted molar refractivity (Wildman–Crippen MR) is 76.7 cm³/mol. The second-order valence-corrected chi connectivity index (χ2v) is 4.94. The summed E-state index contributed by atoms with van der Waals surface area (Å²) in [6, 6.07) is 5.65. The fraction of sp³-hybridized carbons (Fsp3) is 0.533. The number of unbranched alkanes of at least 4 members (excludes halogenated alkanes) is 2. The lowest BCUT2D eigenvalue weighted by Gasteiger charge is -2.15. The van der Waals surface area contributed by atoms with Crippen molar-refractivity contribution in [1.82, 2.24) is 5.32 Å². The number of amides is 1. The fourth-order valence-electron chi connectivity index (χ4n) is 1.96. The zero-order chi connectivity index (χ0) is 13.5. The molecule has 100 valence electrons. The van der Waals surface area contributed by atoms with E-state index < -0.39 is 0 Å². The molecule has 3 heteroatoms. The Morgan fingerprint density at radius 3 is 2.78 bits per heavy atom. The lowest BCUT2D eigenvalue weighted by Crippen LogP contribution is -2.33. The van der Waals surface area contributed by atoms with Crippen molar-refractivity contribution >= 4 is 11.6 Å². The molecule has 0 aromatic heterocycles. The van der Waals surface area contributed by atoms with Crippen molar-refractivity contribution in [3.63, 3.8) is 0 Å². The van der Waals surface area contributed by atoms with E-state index in [0.29, 0.717) is 11.3 Å². The van der Waals surface area contributed by atoms with Gasteiger partial charge in [-0.25, -0.2) is 0 Å². The predicted octanol–water partition coefficient (Wildman–Crippen LogP) is 3.28. The first-order valence-electron chi connectivity index (χ1n) is 6.71. The van der Waals surface area contributed by atoms with E-state index in [-0.39, 0.29) is 11.9 Å². The highest BCUT2D eigenvalue weighted by molar-refractivity contribution is 5.96. The molecule has 0 fully saturated rings. The monoisotopic (exact) mass is 248 g/mol. The third-order valence-corrected chi connectivity index (χ3v) is 3.12. The Bertz CT molecular complexity index is 401. The molecular formula is C15H24N2O. The number of nitrogens with one attached hydrogen (secondary N) is 1. The molecule has 0 bridgehead atoms. The van der Waals surface area contributed by atoms with Crippen molar-refractivity contribution < 1.29 is 4.79 Å². The number of carbonyl (C=O) groups excluding carboxylic acids is 1. The van der Waals surface area contributed by atoms with Gasteiger partial charge in [0.25, 0.3) is 5.91 Å². The van der Waals surface area contributed by atoms with E-state index in [1.807, 2.05) is 19.1 Å². The summed E-state index contributed by atoms with van der Waals surface area (Å²) in [5.74, 6) is -0.0243. The molecule has 1 aromatic carbocycles. The van der Waals surface area contributed by atoms with Crippen LogP contribution < -0.4 is 11.1 Å². The summed E-state index contributed by atoms with van der Waals surface area (Å²) >= 11 is 0. The summed E-state index contributed by atoms with van der Waals surface area (Å²) in [6.07, 6.45) is 4.61.